The van der Waals surface area contributed by atoms with Crippen LogP contribution in [0.15, 0.2) is 0 Å². The number of carbonyl (C=O) groups is 1. The van der Waals surface area contributed by atoms with E-state index in [4.69, 9.17) is 4.74 Å². The Morgan fingerprint density at radius 3 is 2.77 bits per heavy atom. The fourth-order valence-electron chi connectivity index (χ4n) is 2.49. The molecule has 1 heterocycles. The van der Waals surface area contributed by atoms with E-state index in [2.05, 4.69) is 19.2 Å². The van der Waals surface area contributed by atoms with E-state index in [1.165, 1.54) is 19.3 Å². The zero-order valence-corrected chi connectivity index (χ0v) is 8.30. The van der Waals surface area contributed by atoms with Crippen LogP contribution in [0.4, 0.5) is 4.79 Å². The molecule has 0 bridgehead atoms. The molecule has 1 saturated heterocycles. The molecule has 1 aliphatic carbocycles. The quantitative estimate of drug-likeness (QED) is 0.674. The molecule has 2 fully saturated rings. The van der Waals surface area contributed by atoms with Gasteiger partial charge in [-0.3, -0.25) is 0 Å². The molecule has 1 saturated carbocycles. The second-order valence-electron chi connectivity index (χ2n) is 5.02. The van der Waals surface area contributed by atoms with Crippen molar-refractivity contribution in [3.05, 3.63) is 0 Å². The van der Waals surface area contributed by atoms with Gasteiger partial charge in [0.1, 0.15) is 6.61 Å². The molecule has 1 amide bonds. The Morgan fingerprint density at radius 2 is 2.31 bits per heavy atom. The highest BCUT2D eigenvalue weighted by Crippen LogP contribution is 2.42. The number of carbonyl (C=O) groups excluding carboxylic acids is 1. The molecule has 0 aromatic heterocycles. The van der Waals surface area contributed by atoms with Crippen molar-refractivity contribution in [1.82, 2.24) is 5.32 Å². The van der Waals surface area contributed by atoms with Gasteiger partial charge in [-0.25, -0.2) is 4.79 Å². The average Bonchev–Trinajstić information content (AvgIpc) is 2.56. The number of hydrogen-bond donors (Lipinski definition) is 1. The minimum atomic E-state index is -0.241. The number of ether oxygens (including phenoxy) is 1. The standard InChI is InChI=1S/C10H17NO2/c1-10(2)4-3-7(5-10)8-6-13-9(12)11-8/h7-8H,3-6H2,1-2H3,(H,11,12). The number of cyclic esters (lactones) is 1. The molecule has 13 heavy (non-hydrogen) atoms. The van der Waals surface area contributed by atoms with E-state index < -0.39 is 0 Å². The van der Waals surface area contributed by atoms with E-state index in [9.17, 15) is 4.79 Å². The maximum atomic E-state index is 10.8. The van der Waals surface area contributed by atoms with Gasteiger partial charge in [-0.2, -0.15) is 0 Å². The number of alkyl carbamates (subject to hydrolysis) is 1. The molecule has 0 spiro atoms. The van der Waals surface area contributed by atoms with E-state index >= 15 is 0 Å². The smallest absolute Gasteiger partial charge is 0.407 e. The SMILES string of the molecule is CC1(C)CCC(C2COC(=O)N2)C1. The van der Waals surface area contributed by atoms with Crippen LogP contribution in [-0.4, -0.2) is 18.7 Å². The molecule has 2 unspecified atom stereocenters. The maximum absolute atomic E-state index is 10.8. The summed E-state index contributed by atoms with van der Waals surface area (Å²) in [6.07, 6.45) is 3.46. The van der Waals surface area contributed by atoms with Crippen LogP contribution in [0.3, 0.4) is 0 Å². The first-order chi connectivity index (χ1) is 6.07. The first kappa shape index (κ1) is 8.85. The zero-order valence-electron chi connectivity index (χ0n) is 8.30. The van der Waals surface area contributed by atoms with Gasteiger partial charge in [0.05, 0.1) is 6.04 Å². The number of hydrogen-bond acceptors (Lipinski definition) is 2. The highest BCUT2D eigenvalue weighted by atomic mass is 16.6. The fourth-order valence-corrected chi connectivity index (χ4v) is 2.49. The molecule has 0 aromatic carbocycles. The highest BCUT2D eigenvalue weighted by Gasteiger charge is 2.38. The van der Waals surface area contributed by atoms with Crippen molar-refractivity contribution >= 4 is 6.09 Å². The van der Waals surface area contributed by atoms with E-state index in [0.717, 1.165) is 0 Å². The van der Waals surface area contributed by atoms with Crippen LogP contribution in [0, 0.1) is 11.3 Å². The van der Waals surface area contributed by atoms with Crippen molar-refractivity contribution < 1.29 is 9.53 Å². The van der Waals surface area contributed by atoms with Crippen LogP contribution in [-0.2, 0) is 4.74 Å². The Kier molecular flexibility index (Phi) is 1.97. The third-order valence-corrected chi connectivity index (χ3v) is 3.27. The van der Waals surface area contributed by atoms with E-state index in [1.807, 2.05) is 0 Å². The Balaban J connectivity index is 1.93. The van der Waals surface area contributed by atoms with Gasteiger partial charge in [0.25, 0.3) is 0 Å². The van der Waals surface area contributed by atoms with Gasteiger partial charge in [0, 0.05) is 0 Å². The minimum absolute atomic E-state index is 0.241. The third-order valence-electron chi connectivity index (χ3n) is 3.27. The molecule has 1 N–H and O–H groups in total. The maximum Gasteiger partial charge on any atom is 0.407 e. The molecule has 0 aromatic rings. The predicted octanol–water partition coefficient (Wildman–Crippen LogP) is 1.92. The summed E-state index contributed by atoms with van der Waals surface area (Å²) in [5.74, 6) is 0.626. The van der Waals surface area contributed by atoms with Crippen LogP contribution < -0.4 is 5.32 Å². The molecular weight excluding hydrogens is 166 g/mol. The molecule has 1 aliphatic heterocycles. The minimum Gasteiger partial charge on any atom is -0.447 e. The third kappa shape index (κ3) is 1.79. The normalized spacial score (nSPS) is 37.2. The van der Waals surface area contributed by atoms with Crippen molar-refractivity contribution in [2.75, 3.05) is 6.61 Å². The van der Waals surface area contributed by atoms with Crippen LogP contribution in [0.2, 0.25) is 0 Å². The molecular formula is C10H17NO2. The van der Waals surface area contributed by atoms with Crippen molar-refractivity contribution in [3.8, 4) is 0 Å². The van der Waals surface area contributed by atoms with Gasteiger partial charge in [0.2, 0.25) is 0 Å². The lowest BCUT2D eigenvalue weighted by Crippen LogP contribution is -2.33. The molecule has 2 aliphatic rings. The second kappa shape index (κ2) is 2.89. The lowest BCUT2D eigenvalue weighted by atomic mass is 9.89. The summed E-state index contributed by atoms with van der Waals surface area (Å²) in [6, 6.07) is 0.272. The average molecular weight is 183 g/mol. The van der Waals surface area contributed by atoms with Crippen LogP contribution in [0.5, 0.6) is 0 Å². The van der Waals surface area contributed by atoms with Crippen molar-refractivity contribution in [2.45, 2.75) is 39.2 Å². The molecule has 3 nitrogen and oxygen atoms in total. The van der Waals surface area contributed by atoms with Crippen LogP contribution in [0.25, 0.3) is 0 Å². The van der Waals surface area contributed by atoms with Gasteiger partial charge in [-0.15, -0.1) is 0 Å². The number of amides is 1. The van der Waals surface area contributed by atoms with Gasteiger partial charge in [0.15, 0.2) is 0 Å². The number of nitrogens with one attached hydrogen (secondary N) is 1. The molecule has 2 atom stereocenters. The summed E-state index contributed by atoms with van der Waals surface area (Å²) in [5.41, 5.74) is 0.456. The highest BCUT2D eigenvalue weighted by molar-refractivity contribution is 5.69. The largest absolute Gasteiger partial charge is 0.447 e. The monoisotopic (exact) mass is 183 g/mol. The van der Waals surface area contributed by atoms with Gasteiger partial charge in [-0.1, -0.05) is 13.8 Å². The van der Waals surface area contributed by atoms with E-state index in [1.54, 1.807) is 0 Å². The molecule has 0 radical (unpaired) electrons. The summed E-state index contributed by atoms with van der Waals surface area (Å²) >= 11 is 0. The zero-order chi connectivity index (χ0) is 9.47. The lowest BCUT2D eigenvalue weighted by molar-refractivity contribution is 0.174. The molecule has 74 valence electrons. The first-order valence-corrected chi connectivity index (χ1v) is 5.00. The molecule has 3 heteroatoms. The summed E-state index contributed by atoms with van der Waals surface area (Å²) in [6.45, 7) is 5.16. The van der Waals surface area contributed by atoms with Crippen LogP contribution >= 0.6 is 0 Å². The summed E-state index contributed by atoms with van der Waals surface area (Å²) in [4.78, 5) is 10.8. The fraction of sp³-hybridized carbons (Fsp3) is 0.900. The first-order valence-electron chi connectivity index (χ1n) is 5.00. The summed E-state index contributed by atoms with van der Waals surface area (Å²) < 4.78 is 4.90. The van der Waals surface area contributed by atoms with Crippen LogP contribution in [0.1, 0.15) is 33.1 Å². The second-order valence-corrected chi connectivity index (χ2v) is 5.02. The Hall–Kier alpha value is -0.730. The Morgan fingerprint density at radius 1 is 1.54 bits per heavy atom. The van der Waals surface area contributed by atoms with Crippen molar-refractivity contribution in [1.29, 1.82) is 0 Å². The van der Waals surface area contributed by atoms with E-state index in [0.29, 0.717) is 17.9 Å². The summed E-state index contributed by atoms with van der Waals surface area (Å²) in [7, 11) is 0. The van der Waals surface area contributed by atoms with Gasteiger partial charge < -0.3 is 10.1 Å². The van der Waals surface area contributed by atoms with Gasteiger partial charge in [-0.05, 0) is 30.6 Å². The Bertz CT molecular complexity index is 225. The molecule has 2 rings (SSSR count). The topological polar surface area (TPSA) is 38.3 Å². The predicted molar refractivity (Wildman–Crippen MR) is 49.4 cm³/mol. The lowest BCUT2D eigenvalue weighted by Gasteiger charge is -2.19. The van der Waals surface area contributed by atoms with Crippen molar-refractivity contribution in [3.63, 3.8) is 0 Å². The summed E-state index contributed by atoms with van der Waals surface area (Å²) in [5, 5.41) is 2.87. The van der Waals surface area contributed by atoms with Crippen molar-refractivity contribution in [2.24, 2.45) is 11.3 Å². The number of rotatable bonds is 1. The Labute approximate surface area is 78.8 Å². The van der Waals surface area contributed by atoms with E-state index in [-0.39, 0.29) is 12.1 Å². The van der Waals surface area contributed by atoms with Gasteiger partial charge >= 0.3 is 6.09 Å².